The van der Waals surface area contributed by atoms with E-state index in [0.717, 1.165) is 16.8 Å². The van der Waals surface area contributed by atoms with Crippen LogP contribution in [0.3, 0.4) is 0 Å². The summed E-state index contributed by atoms with van der Waals surface area (Å²) in [6, 6.07) is 9.25. The van der Waals surface area contributed by atoms with Gasteiger partial charge in [0, 0.05) is 23.5 Å². The summed E-state index contributed by atoms with van der Waals surface area (Å²) >= 11 is 6.26. The second-order valence-corrected chi connectivity index (χ2v) is 8.27. The van der Waals surface area contributed by atoms with E-state index in [9.17, 15) is 24.2 Å². The molecule has 2 aromatic carbocycles. The van der Waals surface area contributed by atoms with Crippen LogP contribution in [0.25, 0.3) is 10.9 Å². The van der Waals surface area contributed by atoms with Gasteiger partial charge in [-0.15, -0.1) is 0 Å². The minimum Gasteiger partial charge on any atom is -0.508 e. The van der Waals surface area contributed by atoms with Crippen molar-refractivity contribution in [2.24, 2.45) is 0 Å². The lowest BCUT2D eigenvalue weighted by Gasteiger charge is -2.25. The number of rotatable bonds is 6. The van der Waals surface area contributed by atoms with Crippen LogP contribution in [0.15, 0.2) is 36.4 Å². The van der Waals surface area contributed by atoms with Crippen molar-refractivity contribution in [3.8, 4) is 5.75 Å². The topological polar surface area (TPSA) is 91.6 Å². The van der Waals surface area contributed by atoms with E-state index in [1.807, 2.05) is 6.07 Å². The van der Waals surface area contributed by atoms with Gasteiger partial charge in [0.15, 0.2) is 0 Å². The highest BCUT2D eigenvalue weighted by Crippen LogP contribution is 2.36. The zero-order valence-corrected chi connectivity index (χ0v) is 17.5. The lowest BCUT2D eigenvalue weighted by molar-refractivity contribution is -0.137. The molecule has 0 aliphatic heterocycles. The Morgan fingerprint density at radius 1 is 1.26 bits per heavy atom. The minimum absolute atomic E-state index is 0.102. The Bertz CT molecular complexity index is 1170. The number of aliphatic carboxylic acids is 1. The van der Waals surface area contributed by atoms with E-state index in [1.165, 1.54) is 12.1 Å². The number of aromatic nitrogens is 1. The Hall–Kier alpha value is -3.06. The van der Waals surface area contributed by atoms with Crippen LogP contribution in [-0.4, -0.2) is 32.7 Å². The van der Waals surface area contributed by atoms with Crippen molar-refractivity contribution in [1.82, 2.24) is 9.88 Å². The number of amides is 1. The Labute approximate surface area is 183 Å². The summed E-state index contributed by atoms with van der Waals surface area (Å²) in [5.74, 6) is -1.41. The summed E-state index contributed by atoms with van der Waals surface area (Å²) in [6.45, 7) is -0.252. The second kappa shape index (κ2) is 8.59. The number of aromatic hydroxyl groups is 1. The molecule has 4 rings (SSSR count). The maximum atomic E-state index is 14.0. The van der Waals surface area contributed by atoms with Crippen molar-refractivity contribution in [2.45, 2.75) is 44.7 Å². The number of carboxylic acid groups (broad SMARTS) is 1. The number of halogens is 2. The van der Waals surface area contributed by atoms with Crippen molar-refractivity contribution in [2.75, 3.05) is 0 Å². The summed E-state index contributed by atoms with van der Waals surface area (Å²) in [4.78, 5) is 23.8. The molecule has 0 spiro atoms. The maximum Gasteiger partial charge on any atom is 0.323 e. The SMILES string of the molecule is O=C(O)Cn1c2c(c3cc(F)cc(Cl)c31)C[C@@H](NC(=O)CCc1cccc(O)c1)CC2. The van der Waals surface area contributed by atoms with Gasteiger partial charge in [-0.05, 0) is 61.1 Å². The highest BCUT2D eigenvalue weighted by atomic mass is 35.5. The van der Waals surface area contributed by atoms with Crippen molar-refractivity contribution in [3.63, 3.8) is 0 Å². The average molecular weight is 445 g/mol. The monoisotopic (exact) mass is 444 g/mol. The molecule has 0 saturated carbocycles. The predicted molar refractivity (Wildman–Crippen MR) is 115 cm³/mol. The van der Waals surface area contributed by atoms with Crippen LogP contribution >= 0.6 is 11.6 Å². The summed E-state index contributed by atoms with van der Waals surface area (Å²) in [5, 5.41) is 22.7. The third-order valence-electron chi connectivity index (χ3n) is 5.69. The lowest BCUT2D eigenvalue weighted by atomic mass is 9.91. The fraction of sp³-hybridized carbons (Fsp3) is 0.304. The molecule has 1 aliphatic rings. The molecule has 8 heteroatoms. The Balaban J connectivity index is 1.52. The highest BCUT2D eigenvalue weighted by molar-refractivity contribution is 6.35. The van der Waals surface area contributed by atoms with Gasteiger partial charge in [-0.25, -0.2) is 4.39 Å². The number of hydrogen-bond donors (Lipinski definition) is 3. The van der Waals surface area contributed by atoms with Gasteiger partial charge in [-0.3, -0.25) is 9.59 Å². The molecular formula is C23H22ClFN2O4. The molecule has 162 valence electrons. The fourth-order valence-electron chi connectivity index (χ4n) is 4.40. The summed E-state index contributed by atoms with van der Waals surface area (Å²) in [7, 11) is 0. The number of fused-ring (bicyclic) bond motifs is 3. The predicted octanol–water partition coefficient (Wildman–Crippen LogP) is 3.83. The Kier molecular flexibility index (Phi) is 5.87. The van der Waals surface area contributed by atoms with E-state index in [4.69, 9.17) is 11.6 Å². The number of nitrogens with one attached hydrogen (secondary N) is 1. The minimum atomic E-state index is -0.998. The number of carbonyl (C=O) groups excluding carboxylic acids is 1. The van der Waals surface area contributed by atoms with Crippen LogP contribution in [0.2, 0.25) is 5.02 Å². The number of nitrogens with zero attached hydrogens (tertiary/aromatic N) is 1. The van der Waals surface area contributed by atoms with Gasteiger partial charge in [0.25, 0.3) is 0 Å². The van der Waals surface area contributed by atoms with Crippen molar-refractivity contribution < 1.29 is 24.2 Å². The van der Waals surface area contributed by atoms with Crippen molar-refractivity contribution in [1.29, 1.82) is 0 Å². The fourth-order valence-corrected chi connectivity index (χ4v) is 4.71. The van der Waals surface area contributed by atoms with Crippen molar-refractivity contribution >= 4 is 34.4 Å². The number of phenolic OH excluding ortho intramolecular Hbond substituents is 1. The molecule has 1 aromatic heterocycles. The summed E-state index contributed by atoms with van der Waals surface area (Å²) in [5.41, 5.74) is 3.06. The molecule has 0 unspecified atom stereocenters. The molecule has 6 nitrogen and oxygen atoms in total. The van der Waals surface area contributed by atoms with Crippen LogP contribution < -0.4 is 5.32 Å². The van der Waals surface area contributed by atoms with Crippen molar-refractivity contribution in [3.05, 3.63) is 64.1 Å². The van der Waals surface area contributed by atoms with Gasteiger partial charge < -0.3 is 20.1 Å². The molecule has 0 fully saturated rings. The first-order chi connectivity index (χ1) is 14.8. The summed E-state index contributed by atoms with van der Waals surface area (Å²) < 4.78 is 15.7. The lowest BCUT2D eigenvalue weighted by Crippen LogP contribution is -2.39. The van der Waals surface area contributed by atoms with Gasteiger partial charge in [-0.2, -0.15) is 0 Å². The first kappa shape index (κ1) is 21.2. The number of benzene rings is 2. The quantitative estimate of drug-likeness (QED) is 0.539. The van der Waals surface area contributed by atoms with Crippen LogP contribution in [0.5, 0.6) is 5.75 Å². The van der Waals surface area contributed by atoms with Crippen LogP contribution in [0.4, 0.5) is 4.39 Å². The smallest absolute Gasteiger partial charge is 0.323 e. The highest BCUT2D eigenvalue weighted by Gasteiger charge is 2.28. The molecule has 0 saturated heterocycles. The molecule has 3 aromatic rings. The van der Waals surface area contributed by atoms with E-state index in [2.05, 4.69) is 5.32 Å². The largest absolute Gasteiger partial charge is 0.508 e. The maximum absolute atomic E-state index is 14.0. The van der Waals surface area contributed by atoms with E-state index in [1.54, 1.807) is 22.8 Å². The molecule has 1 aliphatic carbocycles. The summed E-state index contributed by atoms with van der Waals surface area (Å²) in [6.07, 6.45) is 2.49. The van der Waals surface area contributed by atoms with E-state index in [0.29, 0.717) is 36.6 Å². The second-order valence-electron chi connectivity index (χ2n) is 7.87. The van der Waals surface area contributed by atoms with Gasteiger partial charge in [0.05, 0.1) is 10.5 Å². The number of carbonyl (C=O) groups is 2. The standard InChI is InChI=1S/C23H22ClFN2O4/c24-19-10-14(25)9-18-17-11-15(5-6-20(17)27(23(18)19)12-22(30)31)26-21(29)7-4-13-2-1-3-16(28)8-13/h1-3,8-10,15,28H,4-7,11-12H2,(H,26,29)(H,30,31)/t15-/m0/s1. The van der Waals surface area contributed by atoms with Crippen LogP contribution in [0, 0.1) is 5.82 Å². The zero-order valence-electron chi connectivity index (χ0n) is 16.7. The van der Waals surface area contributed by atoms with Gasteiger partial charge in [0.1, 0.15) is 18.1 Å². The molecule has 1 atom stereocenters. The number of carboxylic acids is 1. The molecule has 31 heavy (non-hydrogen) atoms. The van der Waals surface area contributed by atoms with E-state index in [-0.39, 0.29) is 35.7 Å². The third-order valence-corrected chi connectivity index (χ3v) is 5.98. The third kappa shape index (κ3) is 4.51. The number of aryl methyl sites for hydroxylation is 1. The molecule has 1 heterocycles. The van der Waals surface area contributed by atoms with Crippen LogP contribution in [-0.2, 0) is 35.4 Å². The molecular weight excluding hydrogens is 423 g/mol. The van der Waals surface area contributed by atoms with Crippen LogP contribution in [0.1, 0.15) is 29.7 Å². The van der Waals surface area contributed by atoms with E-state index >= 15 is 0 Å². The first-order valence-electron chi connectivity index (χ1n) is 10.1. The molecule has 0 bridgehead atoms. The Morgan fingerprint density at radius 3 is 2.81 bits per heavy atom. The molecule has 3 N–H and O–H groups in total. The number of phenols is 1. The van der Waals surface area contributed by atoms with E-state index < -0.39 is 11.8 Å². The first-order valence-corrected chi connectivity index (χ1v) is 10.5. The van der Waals surface area contributed by atoms with Gasteiger partial charge >= 0.3 is 5.97 Å². The Morgan fingerprint density at radius 2 is 2.06 bits per heavy atom. The normalized spacial score (nSPS) is 15.6. The average Bonchev–Trinajstić information content (AvgIpc) is 2.99. The molecule has 1 amide bonds. The molecule has 0 radical (unpaired) electrons. The van der Waals surface area contributed by atoms with Gasteiger partial charge in [-0.1, -0.05) is 23.7 Å². The van der Waals surface area contributed by atoms with Gasteiger partial charge in [0.2, 0.25) is 5.91 Å². The number of hydrogen-bond acceptors (Lipinski definition) is 3. The zero-order chi connectivity index (χ0) is 22.1.